The highest BCUT2D eigenvalue weighted by Crippen LogP contribution is 2.32. The quantitative estimate of drug-likeness (QED) is 0.606. The van der Waals surface area contributed by atoms with E-state index in [4.69, 9.17) is 0 Å². The number of carbonyl (C=O) groups excluding carboxylic acids is 2. The van der Waals surface area contributed by atoms with E-state index in [0.717, 1.165) is 44.3 Å². The van der Waals surface area contributed by atoms with Gasteiger partial charge in [0.1, 0.15) is 0 Å². The highest BCUT2D eigenvalue weighted by atomic mass is 32.2. The van der Waals surface area contributed by atoms with Crippen LogP contribution in [0.4, 0.5) is 11.4 Å². The van der Waals surface area contributed by atoms with Gasteiger partial charge in [-0.25, -0.2) is 8.42 Å². The summed E-state index contributed by atoms with van der Waals surface area (Å²) in [7, 11) is -3.40. The van der Waals surface area contributed by atoms with Crippen molar-refractivity contribution < 1.29 is 18.0 Å². The van der Waals surface area contributed by atoms with E-state index >= 15 is 0 Å². The molecule has 0 radical (unpaired) electrons. The number of hydrogen-bond acceptors (Lipinski definition) is 6. The van der Waals surface area contributed by atoms with E-state index < -0.39 is 21.8 Å². The molecule has 4 rings (SSSR count). The molecule has 3 heterocycles. The molecule has 0 unspecified atom stereocenters. The smallest absolute Gasteiger partial charge is 0.313 e. The van der Waals surface area contributed by atoms with Crippen LogP contribution in [0.5, 0.6) is 0 Å². The molecule has 2 N–H and O–H groups in total. The number of anilines is 2. The molecule has 2 aliphatic rings. The summed E-state index contributed by atoms with van der Waals surface area (Å²) in [6.07, 6.45) is 4.92. The molecule has 0 atom stereocenters. The average molecular weight is 491 g/mol. The van der Waals surface area contributed by atoms with Crippen molar-refractivity contribution in [2.75, 3.05) is 48.6 Å². The van der Waals surface area contributed by atoms with Crippen molar-refractivity contribution in [3.63, 3.8) is 0 Å². The van der Waals surface area contributed by atoms with Crippen molar-refractivity contribution in [1.82, 2.24) is 10.2 Å². The first kappa shape index (κ1) is 23.7. The van der Waals surface area contributed by atoms with E-state index in [9.17, 15) is 18.0 Å². The number of aryl methyl sites for hydroxylation is 1. The molecule has 1 fully saturated rings. The van der Waals surface area contributed by atoms with Crippen molar-refractivity contribution in [1.29, 1.82) is 0 Å². The Morgan fingerprint density at radius 3 is 2.61 bits per heavy atom. The first-order valence-electron chi connectivity index (χ1n) is 11.3. The third-order valence-electron chi connectivity index (χ3n) is 6.27. The van der Waals surface area contributed by atoms with Crippen LogP contribution in [-0.4, -0.2) is 64.1 Å². The number of piperidine rings is 1. The number of nitrogens with zero attached hydrogens (tertiary/aromatic N) is 2. The molecule has 2 amide bonds. The van der Waals surface area contributed by atoms with Gasteiger partial charge in [-0.15, -0.1) is 11.3 Å². The molecule has 1 aromatic heterocycles. The molecule has 0 bridgehead atoms. The van der Waals surface area contributed by atoms with Gasteiger partial charge in [-0.2, -0.15) is 0 Å². The zero-order valence-electron chi connectivity index (χ0n) is 18.7. The first-order chi connectivity index (χ1) is 15.8. The fourth-order valence-corrected chi connectivity index (χ4v) is 6.41. The molecule has 0 aliphatic carbocycles. The minimum absolute atomic E-state index is 0.403. The molecule has 10 heteroatoms. The van der Waals surface area contributed by atoms with Gasteiger partial charge < -0.3 is 15.5 Å². The second-order valence-electron chi connectivity index (χ2n) is 8.62. The predicted molar refractivity (Wildman–Crippen MR) is 131 cm³/mol. The summed E-state index contributed by atoms with van der Waals surface area (Å²) < 4.78 is 25.5. The number of hydrogen-bond donors (Lipinski definition) is 2. The molecule has 1 saturated heterocycles. The van der Waals surface area contributed by atoms with Crippen molar-refractivity contribution in [2.24, 2.45) is 0 Å². The van der Waals surface area contributed by atoms with Gasteiger partial charge in [0.25, 0.3) is 0 Å². The fraction of sp³-hybridized carbons (Fsp3) is 0.478. The van der Waals surface area contributed by atoms with Crippen LogP contribution in [0.15, 0.2) is 35.7 Å². The SMILES string of the molecule is CS(=O)(=O)N1CCCc2ccc(NC(=O)C(=O)NCCN3CCC(c4cccs4)CC3)cc21. The van der Waals surface area contributed by atoms with Gasteiger partial charge in [0, 0.05) is 30.2 Å². The Morgan fingerprint density at radius 2 is 1.91 bits per heavy atom. The van der Waals surface area contributed by atoms with E-state index in [1.807, 2.05) is 11.3 Å². The predicted octanol–water partition coefficient (Wildman–Crippen LogP) is 2.39. The maximum atomic E-state index is 12.3. The second kappa shape index (κ2) is 10.2. The lowest BCUT2D eigenvalue weighted by atomic mass is 9.95. The Labute approximate surface area is 199 Å². The molecule has 2 aliphatic heterocycles. The Kier molecular flexibility index (Phi) is 7.35. The molecule has 0 spiro atoms. The van der Waals surface area contributed by atoms with E-state index in [0.29, 0.717) is 36.9 Å². The second-order valence-corrected chi connectivity index (χ2v) is 11.5. The molecule has 1 aromatic carbocycles. The summed E-state index contributed by atoms with van der Waals surface area (Å²) >= 11 is 1.81. The van der Waals surface area contributed by atoms with Gasteiger partial charge in [0.05, 0.1) is 11.9 Å². The minimum atomic E-state index is -3.40. The number of likely N-dealkylation sites (tertiary alicyclic amines) is 1. The van der Waals surface area contributed by atoms with E-state index in [-0.39, 0.29) is 0 Å². The van der Waals surface area contributed by atoms with Gasteiger partial charge in [-0.05, 0) is 73.8 Å². The van der Waals surface area contributed by atoms with Crippen molar-refractivity contribution in [3.8, 4) is 0 Å². The van der Waals surface area contributed by atoms with Gasteiger partial charge in [0.2, 0.25) is 10.0 Å². The number of benzene rings is 1. The van der Waals surface area contributed by atoms with Gasteiger partial charge >= 0.3 is 11.8 Å². The van der Waals surface area contributed by atoms with Gasteiger partial charge in [0.15, 0.2) is 0 Å². The Balaban J connectivity index is 1.24. The van der Waals surface area contributed by atoms with E-state index in [1.54, 1.807) is 18.2 Å². The van der Waals surface area contributed by atoms with Crippen molar-refractivity contribution in [2.45, 2.75) is 31.6 Å². The van der Waals surface area contributed by atoms with Crippen LogP contribution < -0.4 is 14.9 Å². The molecule has 2 aromatic rings. The molecule has 8 nitrogen and oxygen atoms in total. The van der Waals surface area contributed by atoms with Crippen LogP contribution in [0, 0.1) is 0 Å². The monoisotopic (exact) mass is 490 g/mol. The first-order valence-corrected chi connectivity index (χ1v) is 14.0. The normalized spacial score (nSPS) is 17.4. The van der Waals surface area contributed by atoms with Gasteiger partial charge in [-0.3, -0.25) is 13.9 Å². The van der Waals surface area contributed by atoms with Crippen molar-refractivity contribution >= 4 is 44.5 Å². The van der Waals surface area contributed by atoms with Crippen LogP contribution >= 0.6 is 11.3 Å². The van der Waals surface area contributed by atoms with Gasteiger partial charge in [-0.1, -0.05) is 12.1 Å². The number of carbonyl (C=O) groups is 2. The zero-order valence-corrected chi connectivity index (χ0v) is 20.4. The standard InChI is InChI=1S/C23H30N4O4S2/c1-33(30,31)27-11-2-4-17-6-7-19(16-20(17)27)25-23(29)22(28)24-10-14-26-12-8-18(9-13-26)21-5-3-15-32-21/h3,5-7,15-16,18H,2,4,8-14H2,1H3,(H,24,28)(H,25,29). The maximum absolute atomic E-state index is 12.3. The number of thiophene rings is 1. The fourth-order valence-electron chi connectivity index (χ4n) is 4.52. The lowest BCUT2D eigenvalue weighted by molar-refractivity contribution is -0.136. The molecule has 33 heavy (non-hydrogen) atoms. The largest absolute Gasteiger partial charge is 0.347 e. The third-order valence-corrected chi connectivity index (χ3v) is 8.49. The highest BCUT2D eigenvalue weighted by molar-refractivity contribution is 7.92. The Morgan fingerprint density at radius 1 is 1.12 bits per heavy atom. The highest BCUT2D eigenvalue weighted by Gasteiger charge is 2.25. The minimum Gasteiger partial charge on any atom is -0.347 e. The van der Waals surface area contributed by atoms with Crippen LogP contribution in [0.2, 0.25) is 0 Å². The Hall–Kier alpha value is -2.43. The summed E-state index contributed by atoms with van der Waals surface area (Å²) in [6, 6.07) is 9.43. The summed E-state index contributed by atoms with van der Waals surface area (Å²) in [5.74, 6) is -0.828. The summed E-state index contributed by atoms with van der Waals surface area (Å²) in [4.78, 5) is 28.4. The summed E-state index contributed by atoms with van der Waals surface area (Å²) in [6.45, 7) is 3.49. The van der Waals surface area contributed by atoms with Crippen LogP contribution in [0.1, 0.15) is 35.6 Å². The van der Waals surface area contributed by atoms with Crippen molar-refractivity contribution in [3.05, 3.63) is 46.2 Å². The number of sulfonamides is 1. The van der Waals surface area contributed by atoms with E-state index in [2.05, 4.69) is 33.0 Å². The lowest BCUT2D eigenvalue weighted by Gasteiger charge is -2.31. The van der Waals surface area contributed by atoms with Crippen LogP contribution in [-0.2, 0) is 26.0 Å². The summed E-state index contributed by atoms with van der Waals surface area (Å²) in [5.41, 5.74) is 1.88. The number of rotatable bonds is 6. The zero-order chi connectivity index (χ0) is 23.4. The number of amides is 2. The molecule has 0 saturated carbocycles. The molecular weight excluding hydrogens is 460 g/mol. The van der Waals surface area contributed by atoms with Crippen LogP contribution in [0.25, 0.3) is 0 Å². The number of fused-ring (bicyclic) bond motifs is 1. The topological polar surface area (TPSA) is 98.8 Å². The lowest BCUT2D eigenvalue weighted by Crippen LogP contribution is -2.42. The summed E-state index contributed by atoms with van der Waals surface area (Å²) in [5, 5.41) is 7.40. The molecular formula is C23H30N4O4S2. The average Bonchev–Trinajstić information content (AvgIpc) is 3.33. The third kappa shape index (κ3) is 5.93. The maximum Gasteiger partial charge on any atom is 0.313 e. The molecule has 178 valence electrons. The Bertz CT molecular complexity index is 1090. The van der Waals surface area contributed by atoms with E-state index in [1.165, 1.54) is 15.4 Å². The van der Waals surface area contributed by atoms with Crippen LogP contribution in [0.3, 0.4) is 0 Å². The number of nitrogens with one attached hydrogen (secondary N) is 2.